The van der Waals surface area contributed by atoms with Crippen LogP contribution in [-0.2, 0) is 13.5 Å². The predicted molar refractivity (Wildman–Crippen MR) is 150 cm³/mol. The van der Waals surface area contributed by atoms with E-state index in [1.165, 1.54) is 0 Å². The molecule has 5 aromatic rings. The molecule has 0 unspecified atom stereocenters. The van der Waals surface area contributed by atoms with Gasteiger partial charge in [-0.15, -0.1) is 0 Å². The Balaban J connectivity index is 1.25. The summed E-state index contributed by atoms with van der Waals surface area (Å²) in [7, 11) is 3.60. The molecule has 2 heterocycles. The van der Waals surface area contributed by atoms with E-state index in [0.717, 1.165) is 34.5 Å². The molecule has 0 aliphatic carbocycles. The van der Waals surface area contributed by atoms with Crippen LogP contribution in [0.5, 0.6) is 17.2 Å². The second-order valence-electron chi connectivity index (χ2n) is 8.84. The molecule has 0 saturated carbocycles. The SMILES string of the molecule is COc1ccccc1CCCC(=O)c1cc(Oc2ccc3c(c2)nc(Nc2ccc(Cl)cc2)n3C)ccn1. The molecule has 0 radical (unpaired) electrons. The van der Waals surface area contributed by atoms with Crippen molar-refractivity contribution in [2.75, 3.05) is 12.4 Å². The van der Waals surface area contributed by atoms with Gasteiger partial charge >= 0.3 is 0 Å². The number of hydrogen-bond donors (Lipinski definition) is 1. The number of carbonyl (C=O) groups excluding carboxylic acids is 1. The minimum Gasteiger partial charge on any atom is -0.496 e. The molecule has 2 aromatic heterocycles. The van der Waals surface area contributed by atoms with Crippen LogP contribution in [0.2, 0.25) is 5.02 Å². The number of anilines is 2. The predicted octanol–water partition coefficient (Wildman–Crippen LogP) is 7.37. The monoisotopic (exact) mass is 526 g/mol. The number of nitrogens with zero attached hydrogens (tertiary/aromatic N) is 3. The zero-order valence-electron chi connectivity index (χ0n) is 21.1. The maximum absolute atomic E-state index is 12.8. The highest BCUT2D eigenvalue weighted by Gasteiger charge is 2.12. The summed E-state index contributed by atoms with van der Waals surface area (Å²) in [5.41, 5.74) is 4.10. The van der Waals surface area contributed by atoms with E-state index in [1.807, 2.05) is 78.3 Å². The summed E-state index contributed by atoms with van der Waals surface area (Å²) < 4.78 is 13.4. The summed E-state index contributed by atoms with van der Waals surface area (Å²) in [6, 6.07) is 24.4. The van der Waals surface area contributed by atoms with Crippen molar-refractivity contribution >= 4 is 40.1 Å². The first-order valence-electron chi connectivity index (χ1n) is 12.3. The molecule has 0 atom stereocenters. The van der Waals surface area contributed by atoms with Crippen LogP contribution in [0.25, 0.3) is 11.0 Å². The number of nitrogens with one attached hydrogen (secondary N) is 1. The van der Waals surface area contributed by atoms with Gasteiger partial charge in [0.25, 0.3) is 0 Å². The summed E-state index contributed by atoms with van der Waals surface area (Å²) in [6.45, 7) is 0. The van der Waals surface area contributed by atoms with E-state index < -0.39 is 0 Å². The van der Waals surface area contributed by atoms with Crippen molar-refractivity contribution in [3.8, 4) is 17.2 Å². The number of hydrogen-bond acceptors (Lipinski definition) is 6. The fourth-order valence-electron chi connectivity index (χ4n) is 4.26. The van der Waals surface area contributed by atoms with Crippen molar-refractivity contribution < 1.29 is 14.3 Å². The van der Waals surface area contributed by atoms with Gasteiger partial charge in [0.05, 0.1) is 18.1 Å². The number of carbonyl (C=O) groups is 1. The van der Waals surface area contributed by atoms with Crippen LogP contribution in [-0.4, -0.2) is 27.4 Å². The Hall–Kier alpha value is -4.36. The van der Waals surface area contributed by atoms with Crippen LogP contribution >= 0.6 is 11.6 Å². The summed E-state index contributed by atoms with van der Waals surface area (Å²) in [6.07, 6.45) is 3.44. The fraction of sp³-hybridized carbons (Fsp3) is 0.167. The van der Waals surface area contributed by atoms with Gasteiger partial charge in [0.15, 0.2) is 5.78 Å². The number of fused-ring (bicyclic) bond motifs is 1. The first-order valence-corrected chi connectivity index (χ1v) is 12.7. The molecular formula is C30H27ClN4O3. The van der Waals surface area contributed by atoms with Gasteiger partial charge in [-0.2, -0.15) is 0 Å². The lowest BCUT2D eigenvalue weighted by molar-refractivity contribution is 0.0975. The lowest BCUT2D eigenvalue weighted by atomic mass is 10.0. The number of para-hydroxylation sites is 1. The second kappa shape index (κ2) is 11.4. The third kappa shape index (κ3) is 5.79. The lowest BCUT2D eigenvalue weighted by Gasteiger charge is -2.09. The highest BCUT2D eigenvalue weighted by atomic mass is 35.5. The first kappa shape index (κ1) is 25.3. The quantitative estimate of drug-likeness (QED) is 0.191. The second-order valence-corrected chi connectivity index (χ2v) is 9.28. The fourth-order valence-corrected chi connectivity index (χ4v) is 4.38. The van der Waals surface area contributed by atoms with E-state index >= 15 is 0 Å². The van der Waals surface area contributed by atoms with Crippen LogP contribution in [0, 0.1) is 0 Å². The Morgan fingerprint density at radius 1 is 1.00 bits per heavy atom. The smallest absolute Gasteiger partial charge is 0.208 e. The number of aryl methyl sites for hydroxylation is 2. The van der Waals surface area contributed by atoms with E-state index in [4.69, 9.17) is 26.1 Å². The van der Waals surface area contributed by atoms with Crippen LogP contribution in [0.1, 0.15) is 28.9 Å². The molecule has 0 amide bonds. The summed E-state index contributed by atoms with van der Waals surface area (Å²) in [5, 5.41) is 3.99. The number of benzene rings is 3. The number of halogens is 1. The van der Waals surface area contributed by atoms with Gasteiger partial charge in [0, 0.05) is 42.5 Å². The maximum atomic E-state index is 12.8. The molecule has 0 fully saturated rings. The molecule has 5 rings (SSSR count). The molecule has 1 N–H and O–H groups in total. The van der Waals surface area contributed by atoms with Crippen molar-refractivity contribution in [3.63, 3.8) is 0 Å². The zero-order chi connectivity index (χ0) is 26.5. The standard InChI is InChI=1S/C30H27ClN4O3/c1-35-27-15-14-23(18-25(27)34-30(35)33-22-12-10-21(31)11-13-22)38-24-16-17-32-26(19-24)28(36)8-5-7-20-6-3-4-9-29(20)37-2/h3-4,6,9-19H,5,7-8H2,1-2H3,(H,33,34). The molecule has 7 nitrogen and oxygen atoms in total. The van der Waals surface area contributed by atoms with E-state index in [2.05, 4.69) is 10.3 Å². The molecule has 0 aliphatic rings. The molecule has 192 valence electrons. The average Bonchev–Trinajstić information content (AvgIpc) is 3.24. The third-order valence-corrected chi connectivity index (χ3v) is 6.50. The van der Waals surface area contributed by atoms with Gasteiger partial charge in [-0.05, 0) is 66.9 Å². The summed E-state index contributed by atoms with van der Waals surface area (Å²) >= 11 is 5.99. The van der Waals surface area contributed by atoms with E-state index in [0.29, 0.717) is 41.0 Å². The number of ether oxygens (including phenoxy) is 2. The highest BCUT2D eigenvalue weighted by molar-refractivity contribution is 6.30. The minimum absolute atomic E-state index is 0.0246. The Morgan fingerprint density at radius 2 is 1.79 bits per heavy atom. The maximum Gasteiger partial charge on any atom is 0.208 e. The Kier molecular flexibility index (Phi) is 7.56. The Bertz CT molecular complexity index is 1580. The Labute approximate surface area is 226 Å². The van der Waals surface area contributed by atoms with Gasteiger partial charge < -0.3 is 19.4 Å². The first-order chi connectivity index (χ1) is 18.5. The van der Waals surface area contributed by atoms with E-state index in [-0.39, 0.29) is 5.78 Å². The molecule has 38 heavy (non-hydrogen) atoms. The van der Waals surface area contributed by atoms with Crippen molar-refractivity contribution in [1.29, 1.82) is 0 Å². The van der Waals surface area contributed by atoms with Crippen molar-refractivity contribution in [2.24, 2.45) is 7.05 Å². The molecule has 8 heteroatoms. The molecule has 0 spiro atoms. The van der Waals surface area contributed by atoms with Crippen LogP contribution < -0.4 is 14.8 Å². The summed E-state index contributed by atoms with van der Waals surface area (Å²) in [4.78, 5) is 21.8. The van der Waals surface area contributed by atoms with Gasteiger partial charge in [-0.25, -0.2) is 4.98 Å². The van der Waals surface area contributed by atoms with Crippen LogP contribution in [0.15, 0.2) is 85.1 Å². The highest BCUT2D eigenvalue weighted by Crippen LogP contribution is 2.29. The van der Waals surface area contributed by atoms with E-state index in [1.54, 1.807) is 25.4 Å². The number of Topliss-reactive ketones (excluding diaryl/α,β-unsaturated/α-hetero) is 1. The number of ketones is 1. The Morgan fingerprint density at radius 3 is 2.61 bits per heavy atom. The zero-order valence-corrected chi connectivity index (χ0v) is 21.9. The molecule has 0 saturated heterocycles. The van der Waals surface area contributed by atoms with Gasteiger partial charge in [0.2, 0.25) is 5.95 Å². The van der Waals surface area contributed by atoms with Crippen LogP contribution in [0.3, 0.4) is 0 Å². The lowest BCUT2D eigenvalue weighted by Crippen LogP contribution is -2.03. The average molecular weight is 527 g/mol. The van der Waals surface area contributed by atoms with Crippen molar-refractivity contribution in [3.05, 3.63) is 101 Å². The summed E-state index contributed by atoms with van der Waals surface area (Å²) in [5.74, 6) is 2.68. The van der Waals surface area contributed by atoms with Gasteiger partial charge in [-0.3, -0.25) is 9.78 Å². The normalized spacial score (nSPS) is 10.9. The third-order valence-electron chi connectivity index (χ3n) is 6.25. The number of aromatic nitrogens is 3. The number of rotatable bonds is 10. The largest absolute Gasteiger partial charge is 0.496 e. The number of pyridine rings is 1. The van der Waals surface area contributed by atoms with Crippen LogP contribution in [0.4, 0.5) is 11.6 Å². The molecule has 0 aliphatic heterocycles. The van der Waals surface area contributed by atoms with E-state index in [9.17, 15) is 4.79 Å². The van der Waals surface area contributed by atoms with Crippen molar-refractivity contribution in [2.45, 2.75) is 19.3 Å². The topological polar surface area (TPSA) is 78.3 Å². The van der Waals surface area contributed by atoms with Gasteiger partial charge in [-0.1, -0.05) is 29.8 Å². The number of methoxy groups -OCH3 is 1. The number of imidazole rings is 1. The molecule has 0 bridgehead atoms. The molecular weight excluding hydrogens is 500 g/mol. The minimum atomic E-state index is -0.0246. The van der Waals surface area contributed by atoms with Gasteiger partial charge in [0.1, 0.15) is 22.9 Å². The van der Waals surface area contributed by atoms with Crippen molar-refractivity contribution in [1.82, 2.24) is 14.5 Å². The molecule has 3 aromatic carbocycles.